The molecule has 0 spiro atoms. The molecule has 0 aliphatic heterocycles. The van der Waals surface area contributed by atoms with E-state index < -0.39 is 0 Å². The highest BCUT2D eigenvalue weighted by atomic mass is 79.9. The average Bonchev–Trinajstić information content (AvgIpc) is 3.00. The molecule has 0 aliphatic rings. The maximum atomic E-state index is 11.9. The molecule has 0 saturated heterocycles. The molecule has 2 amide bonds. The number of amides is 2. The van der Waals surface area contributed by atoms with Crippen molar-refractivity contribution < 1.29 is 14.0 Å². The molecule has 2 rings (SSSR count). The first-order chi connectivity index (χ1) is 11.0. The van der Waals surface area contributed by atoms with E-state index in [1.165, 1.54) is 6.92 Å². The van der Waals surface area contributed by atoms with Crippen LogP contribution in [-0.4, -0.2) is 18.4 Å². The first-order valence-electron chi connectivity index (χ1n) is 7.30. The van der Waals surface area contributed by atoms with Gasteiger partial charge in [0.05, 0.1) is 18.5 Å². The van der Waals surface area contributed by atoms with Crippen LogP contribution in [0, 0.1) is 6.92 Å². The smallest absolute Gasteiger partial charge is 0.223 e. The molecule has 1 heterocycles. The van der Waals surface area contributed by atoms with Crippen molar-refractivity contribution in [3.05, 3.63) is 52.4 Å². The Bertz CT molecular complexity index is 683. The fraction of sp³-hybridized carbons (Fsp3) is 0.294. The van der Waals surface area contributed by atoms with Crippen LogP contribution < -0.4 is 10.2 Å². The lowest BCUT2D eigenvalue weighted by Gasteiger charge is -2.22. The van der Waals surface area contributed by atoms with E-state index in [0.717, 1.165) is 15.7 Å². The highest BCUT2D eigenvalue weighted by molar-refractivity contribution is 9.10. The average molecular weight is 379 g/mol. The van der Waals surface area contributed by atoms with Crippen LogP contribution in [0.5, 0.6) is 0 Å². The topological polar surface area (TPSA) is 62.6 Å². The summed E-state index contributed by atoms with van der Waals surface area (Å²) in [5.41, 5.74) is 1.86. The third kappa shape index (κ3) is 4.96. The quantitative estimate of drug-likeness (QED) is 0.837. The van der Waals surface area contributed by atoms with E-state index >= 15 is 0 Å². The molecule has 5 nitrogen and oxygen atoms in total. The Morgan fingerprint density at radius 3 is 2.70 bits per heavy atom. The van der Waals surface area contributed by atoms with Gasteiger partial charge in [-0.05, 0) is 52.7 Å². The van der Waals surface area contributed by atoms with E-state index in [-0.39, 0.29) is 18.2 Å². The minimum atomic E-state index is -0.129. The first kappa shape index (κ1) is 17.3. The third-order valence-corrected chi connectivity index (χ3v) is 4.01. The minimum absolute atomic E-state index is 0.103. The van der Waals surface area contributed by atoms with Crippen molar-refractivity contribution in [1.29, 1.82) is 0 Å². The van der Waals surface area contributed by atoms with Gasteiger partial charge in [0.1, 0.15) is 5.76 Å². The van der Waals surface area contributed by atoms with Gasteiger partial charge in [0, 0.05) is 24.4 Å². The van der Waals surface area contributed by atoms with Gasteiger partial charge in [-0.1, -0.05) is 6.07 Å². The zero-order chi connectivity index (χ0) is 16.8. The lowest BCUT2D eigenvalue weighted by atomic mass is 10.2. The molecule has 1 N–H and O–H groups in total. The van der Waals surface area contributed by atoms with Crippen LogP contribution in [0.1, 0.15) is 24.7 Å². The van der Waals surface area contributed by atoms with Crippen LogP contribution in [0.4, 0.5) is 5.69 Å². The molecule has 122 valence electrons. The van der Waals surface area contributed by atoms with Gasteiger partial charge in [-0.15, -0.1) is 0 Å². The van der Waals surface area contributed by atoms with Crippen molar-refractivity contribution in [1.82, 2.24) is 5.32 Å². The second-order valence-corrected chi connectivity index (χ2v) is 6.09. The van der Waals surface area contributed by atoms with Crippen LogP contribution in [0.15, 0.2) is 45.5 Å². The van der Waals surface area contributed by atoms with Crippen molar-refractivity contribution in [3.63, 3.8) is 0 Å². The minimum Gasteiger partial charge on any atom is -0.467 e. The molecule has 1 aromatic carbocycles. The fourth-order valence-corrected chi connectivity index (χ4v) is 2.89. The maximum Gasteiger partial charge on any atom is 0.223 e. The second kappa shape index (κ2) is 7.97. The fourth-order valence-electron chi connectivity index (χ4n) is 2.18. The molecule has 0 radical (unpaired) electrons. The van der Waals surface area contributed by atoms with Gasteiger partial charge < -0.3 is 14.6 Å². The normalized spacial score (nSPS) is 10.4. The van der Waals surface area contributed by atoms with Gasteiger partial charge in [0.2, 0.25) is 11.8 Å². The predicted octanol–water partition coefficient (Wildman–Crippen LogP) is 3.41. The highest BCUT2D eigenvalue weighted by Gasteiger charge is 2.16. The van der Waals surface area contributed by atoms with E-state index in [2.05, 4.69) is 21.2 Å². The lowest BCUT2D eigenvalue weighted by Crippen LogP contribution is -2.34. The summed E-state index contributed by atoms with van der Waals surface area (Å²) in [5.74, 6) is 0.465. The summed E-state index contributed by atoms with van der Waals surface area (Å²) < 4.78 is 6.00. The summed E-state index contributed by atoms with van der Waals surface area (Å²) in [4.78, 5) is 25.4. The molecular formula is C17H19BrN2O3. The summed E-state index contributed by atoms with van der Waals surface area (Å²) in [7, 11) is 0. The van der Waals surface area contributed by atoms with Crippen LogP contribution in [-0.2, 0) is 16.1 Å². The number of hydrogen-bond acceptors (Lipinski definition) is 3. The van der Waals surface area contributed by atoms with E-state index in [4.69, 9.17) is 4.42 Å². The van der Waals surface area contributed by atoms with Crippen molar-refractivity contribution >= 4 is 33.4 Å². The Kier molecular flexibility index (Phi) is 5.98. The zero-order valence-electron chi connectivity index (χ0n) is 13.1. The van der Waals surface area contributed by atoms with Crippen molar-refractivity contribution in [3.8, 4) is 0 Å². The van der Waals surface area contributed by atoms with Gasteiger partial charge in [0.25, 0.3) is 0 Å². The molecule has 2 aromatic rings. The molecule has 1 aromatic heterocycles. The summed E-state index contributed by atoms with van der Waals surface area (Å²) in [5, 5.41) is 2.77. The number of nitrogens with one attached hydrogen (secondary N) is 1. The van der Waals surface area contributed by atoms with Crippen LogP contribution in [0.3, 0.4) is 0 Å². The van der Waals surface area contributed by atoms with Crippen molar-refractivity contribution in [2.24, 2.45) is 0 Å². The largest absolute Gasteiger partial charge is 0.467 e. The van der Waals surface area contributed by atoms with Crippen LogP contribution in [0.2, 0.25) is 0 Å². The number of carbonyl (C=O) groups is 2. The van der Waals surface area contributed by atoms with Crippen molar-refractivity contribution in [2.75, 3.05) is 11.4 Å². The summed E-state index contributed by atoms with van der Waals surface area (Å²) >= 11 is 3.47. The number of anilines is 1. The molecule has 0 atom stereocenters. The second-order valence-electron chi connectivity index (χ2n) is 5.23. The molecule has 0 aliphatic carbocycles. The number of hydrogen-bond donors (Lipinski definition) is 1. The molecule has 6 heteroatoms. The number of rotatable bonds is 6. The monoisotopic (exact) mass is 378 g/mol. The first-order valence-corrected chi connectivity index (χ1v) is 8.10. The summed E-state index contributed by atoms with van der Waals surface area (Å²) in [6, 6.07) is 9.33. The molecule has 0 bridgehead atoms. The molecule has 0 fully saturated rings. The Balaban J connectivity index is 1.94. The van der Waals surface area contributed by atoms with E-state index in [9.17, 15) is 9.59 Å². The van der Waals surface area contributed by atoms with Crippen LogP contribution >= 0.6 is 15.9 Å². The Labute approximate surface area is 143 Å². The zero-order valence-corrected chi connectivity index (χ0v) is 14.7. The molecule has 0 saturated carbocycles. The van der Waals surface area contributed by atoms with Crippen LogP contribution in [0.25, 0.3) is 0 Å². The van der Waals surface area contributed by atoms with Gasteiger partial charge in [-0.3, -0.25) is 9.59 Å². The Morgan fingerprint density at radius 2 is 2.09 bits per heavy atom. The van der Waals surface area contributed by atoms with Crippen molar-refractivity contribution in [2.45, 2.75) is 26.8 Å². The van der Waals surface area contributed by atoms with Gasteiger partial charge >= 0.3 is 0 Å². The Morgan fingerprint density at radius 1 is 1.30 bits per heavy atom. The SMILES string of the molecule is CC(=O)N(CCC(=O)NCc1ccco1)c1ccc(C)cc1Br. The Hall–Kier alpha value is -2.08. The number of carbonyl (C=O) groups excluding carboxylic acids is 2. The third-order valence-electron chi connectivity index (χ3n) is 3.38. The number of benzene rings is 1. The summed E-state index contributed by atoms with van der Waals surface area (Å²) in [6.45, 7) is 4.14. The van der Waals surface area contributed by atoms with Gasteiger partial charge in [-0.2, -0.15) is 0 Å². The molecular weight excluding hydrogens is 360 g/mol. The number of aryl methyl sites for hydroxylation is 1. The van der Waals surface area contributed by atoms with Gasteiger partial charge in [-0.25, -0.2) is 0 Å². The maximum absolute atomic E-state index is 11.9. The number of nitrogens with zero attached hydrogens (tertiary/aromatic N) is 1. The van der Waals surface area contributed by atoms with Gasteiger partial charge in [0.15, 0.2) is 0 Å². The number of furan rings is 1. The standard InChI is InChI=1S/C17H19BrN2O3/c1-12-5-6-16(15(18)10-12)20(13(2)21)8-7-17(22)19-11-14-4-3-9-23-14/h3-6,9-10H,7-8,11H2,1-2H3,(H,19,22). The lowest BCUT2D eigenvalue weighted by molar-refractivity contribution is -0.121. The predicted molar refractivity (Wildman–Crippen MR) is 92.1 cm³/mol. The number of halogens is 1. The molecule has 0 unspecified atom stereocenters. The van der Waals surface area contributed by atoms with E-state index in [1.54, 1.807) is 23.3 Å². The highest BCUT2D eigenvalue weighted by Crippen LogP contribution is 2.27. The summed E-state index contributed by atoms with van der Waals surface area (Å²) in [6.07, 6.45) is 1.79. The molecule has 23 heavy (non-hydrogen) atoms. The van der Waals surface area contributed by atoms with E-state index in [1.807, 2.05) is 25.1 Å². The van der Waals surface area contributed by atoms with E-state index in [0.29, 0.717) is 18.8 Å².